The molecule has 5 nitrogen and oxygen atoms in total. The van der Waals surface area contributed by atoms with E-state index in [1.165, 1.54) is 0 Å². The molecule has 1 amide bonds. The predicted octanol–water partition coefficient (Wildman–Crippen LogP) is 2.11. The van der Waals surface area contributed by atoms with Crippen LogP contribution in [0.1, 0.15) is 32.4 Å². The Hall–Kier alpha value is -1.59. The number of nitrogens with one attached hydrogen (secondary N) is 1. The first-order valence-corrected chi connectivity index (χ1v) is 7.37. The molecule has 0 aromatic heterocycles. The Morgan fingerprint density at radius 3 is 2.71 bits per heavy atom. The van der Waals surface area contributed by atoms with Gasteiger partial charge in [0, 0.05) is 5.92 Å². The lowest BCUT2D eigenvalue weighted by Crippen LogP contribution is -2.27. The summed E-state index contributed by atoms with van der Waals surface area (Å²) in [6.45, 7) is 6.17. The molecule has 3 rings (SSSR count). The van der Waals surface area contributed by atoms with E-state index in [1.807, 2.05) is 19.9 Å². The number of ether oxygens (including phenoxy) is 2. The van der Waals surface area contributed by atoms with E-state index in [-0.39, 0.29) is 36.6 Å². The molecule has 2 aliphatic rings. The van der Waals surface area contributed by atoms with Crippen LogP contribution in [0.5, 0.6) is 5.75 Å². The second-order valence-corrected chi connectivity index (χ2v) is 6.02. The first-order chi connectivity index (χ1) is 9.97. The lowest BCUT2D eigenvalue weighted by molar-refractivity contribution is -0.118. The third-order valence-electron chi connectivity index (χ3n) is 4.66. The first-order valence-electron chi connectivity index (χ1n) is 7.37. The summed E-state index contributed by atoms with van der Waals surface area (Å²) in [5, 5.41) is 13.5. The Morgan fingerprint density at radius 2 is 2.05 bits per heavy atom. The van der Waals surface area contributed by atoms with Crippen LogP contribution in [0, 0.1) is 11.8 Å². The van der Waals surface area contributed by atoms with E-state index in [0.29, 0.717) is 11.4 Å². The van der Waals surface area contributed by atoms with Gasteiger partial charge in [-0.05, 0) is 37.5 Å². The molecule has 0 radical (unpaired) electrons. The SMILES string of the molecule is CC1OC(C)C(C(O)c2ccc3c(c2)NC(=O)CO3)C1C. The molecule has 1 saturated heterocycles. The van der Waals surface area contributed by atoms with Crippen LogP contribution in [0.4, 0.5) is 5.69 Å². The van der Waals surface area contributed by atoms with Gasteiger partial charge in [0.2, 0.25) is 0 Å². The number of amides is 1. The van der Waals surface area contributed by atoms with Gasteiger partial charge in [0.25, 0.3) is 5.91 Å². The maximum atomic E-state index is 11.4. The first kappa shape index (κ1) is 14.4. The van der Waals surface area contributed by atoms with Crippen molar-refractivity contribution in [1.29, 1.82) is 0 Å². The van der Waals surface area contributed by atoms with Crippen molar-refractivity contribution in [2.24, 2.45) is 11.8 Å². The van der Waals surface area contributed by atoms with Gasteiger partial charge in [-0.1, -0.05) is 13.0 Å². The number of aliphatic hydroxyl groups is 1. The maximum absolute atomic E-state index is 11.4. The fourth-order valence-corrected chi connectivity index (χ4v) is 3.34. The van der Waals surface area contributed by atoms with Gasteiger partial charge in [-0.15, -0.1) is 0 Å². The minimum Gasteiger partial charge on any atom is -0.482 e. The number of carbonyl (C=O) groups excluding carboxylic acids is 1. The van der Waals surface area contributed by atoms with Crippen LogP contribution in [-0.2, 0) is 9.53 Å². The number of fused-ring (bicyclic) bond motifs is 1. The highest BCUT2D eigenvalue weighted by Gasteiger charge is 2.41. The molecular weight excluding hydrogens is 270 g/mol. The van der Waals surface area contributed by atoms with E-state index < -0.39 is 6.10 Å². The van der Waals surface area contributed by atoms with Crippen molar-refractivity contribution in [2.75, 3.05) is 11.9 Å². The van der Waals surface area contributed by atoms with Gasteiger partial charge in [0.1, 0.15) is 5.75 Å². The lowest BCUT2D eigenvalue weighted by atomic mass is 9.82. The molecule has 5 atom stereocenters. The highest BCUT2D eigenvalue weighted by atomic mass is 16.5. The van der Waals surface area contributed by atoms with E-state index in [9.17, 15) is 9.90 Å². The van der Waals surface area contributed by atoms with Crippen molar-refractivity contribution < 1.29 is 19.4 Å². The zero-order valence-electron chi connectivity index (χ0n) is 12.5. The fourth-order valence-electron chi connectivity index (χ4n) is 3.34. The van der Waals surface area contributed by atoms with E-state index in [4.69, 9.17) is 9.47 Å². The average Bonchev–Trinajstić information content (AvgIpc) is 2.70. The van der Waals surface area contributed by atoms with Crippen molar-refractivity contribution in [2.45, 2.75) is 39.1 Å². The van der Waals surface area contributed by atoms with Crippen LogP contribution < -0.4 is 10.1 Å². The fraction of sp³-hybridized carbons (Fsp3) is 0.562. The van der Waals surface area contributed by atoms with Gasteiger partial charge in [0.05, 0.1) is 24.0 Å². The molecule has 1 fully saturated rings. The number of hydrogen-bond donors (Lipinski definition) is 2. The van der Waals surface area contributed by atoms with Gasteiger partial charge in [-0.25, -0.2) is 0 Å². The zero-order chi connectivity index (χ0) is 15.1. The molecule has 0 spiro atoms. The smallest absolute Gasteiger partial charge is 0.262 e. The standard InChI is InChI=1S/C16H21NO4/c1-8-9(2)21-10(3)15(8)16(19)11-4-5-13-12(6-11)17-14(18)7-20-13/h4-6,8-10,15-16,19H,7H2,1-3H3,(H,17,18). The van der Waals surface area contributed by atoms with Crippen LogP contribution in [0.3, 0.4) is 0 Å². The Bertz CT molecular complexity index is 559. The van der Waals surface area contributed by atoms with Crippen LogP contribution in [0.25, 0.3) is 0 Å². The Labute approximate surface area is 124 Å². The van der Waals surface area contributed by atoms with Crippen molar-refractivity contribution in [1.82, 2.24) is 0 Å². The number of anilines is 1. The summed E-state index contributed by atoms with van der Waals surface area (Å²) in [6.07, 6.45) is -0.476. The van der Waals surface area contributed by atoms with E-state index >= 15 is 0 Å². The summed E-state index contributed by atoms with van der Waals surface area (Å²) in [4.78, 5) is 11.4. The Kier molecular flexibility index (Phi) is 3.63. The summed E-state index contributed by atoms with van der Waals surface area (Å²) in [5.74, 6) is 0.784. The van der Waals surface area contributed by atoms with Crippen LogP contribution >= 0.6 is 0 Å². The molecule has 2 heterocycles. The normalized spacial score (nSPS) is 33.0. The molecule has 1 aromatic rings. The topological polar surface area (TPSA) is 67.8 Å². The van der Waals surface area contributed by atoms with E-state index in [0.717, 1.165) is 5.56 Å². The van der Waals surface area contributed by atoms with Crippen molar-refractivity contribution >= 4 is 11.6 Å². The summed E-state index contributed by atoms with van der Waals surface area (Å²) < 4.78 is 11.1. The molecular formula is C16H21NO4. The number of aliphatic hydroxyl groups excluding tert-OH is 1. The predicted molar refractivity (Wildman–Crippen MR) is 78.2 cm³/mol. The molecule has 0 saturated carbocycles. The molecule has 0 aliphatic carbocycles. The van der Waals surface area contributed by atoms with Gasteiger partial charge < -0.3 is 19.9 Å². The Morgan fingerprint density at radius 1 is 1.29 bits per heavy atom. The second kappa shape index (κ2) is 5.31. The molecule has 21 heavy (non-hydrogen) atoms. The van der Waals surface area contributed by atoms with Crippen molar-refractivity contribution in [3.8, 4) is 5.75 Å². The monoisotopic (exact) mass is 291 g/mol. The van der Waals surface area contributed by atoms with Crippen LogP contribution in [0.15, 0.2) is 18.2 Å². The highest BCUT2D eigenvalue weighted by Crippen LogP contribution is 2.42. The van der Waals surface area contributed by atoms with Crippen LogP contribution in [-0.4, -0.2) is 29.8 Å². The van der Waals surface area contributed by atoms with Crippen molar-refractivity contribution in [3.63, 3.8) is 0 Å². The zero-order valence-corrected chi connectivity index (χ0v) is 12.5. The second-order valence-electron chi connectivity index (χ2n) is 6.02. The third-order valence-corrected chi connectivity index (χ3v) is 4.66. The molecule has 2 N–H and O–H groups in total. The lowest BCUT2D eigenvalue weighted by Gasteiger charge is -2.26. The summed E-state index contributed by atoms with van der Waals surface area (Å²) in [6, 6.07) is 5.44. The van der Waals surface area contributed by atoms with E-state index in [2.05, 4.69) is 12.2 Å². The van der Waals surface area contributed by atoms with Gasteiger partial charge >= 0.3 is 0 Å². The highest BCUT2D eigenvalue weighted by molar-refractivity contribution is 5.95. The molecule has 5 unspecified atom stereocenters. The Balaban J connectivity index is 1.87. The summed E-state index contributed by atoms with van der Waals surface area (Å²) >= 11 is 0. The molecule has 0 bridgehead atoms. The quantitative estimate of drug-likeness (QED) is 0.875. The number of rotatable bonds is 2. The number of carbonyl (C=O) groups is 1. The average molecular weight is 291 g/mol. The van der Waals surface area contributed by atoms with Crippen molar-refractivity contribution in [3.05, 3.63) is 23.8 Å². The van der Waals surface area contributed by atoms with Gasteiger partial charge in [-0.3, -0.25) is 4.79 Å². The molecule has 114 valence electrons. The van der Waals surface area contributed by atoms with E-state index in [1.54, 1.807) is 12.1 Å². The minimum absolute atomic E-state index is 0.00636. The summed E-state index contributed by atoms with van der Waals surface area (Å²) in [7, 11) is 0. The van der Waals surface area contributed by atoms with Crippen LogP contribution in [0.2, 0.25) is 0 Å². The number of hydrogen-bond acceptors (Lipinski definition) is 4. The molecule has 1 aromatic carbocycles. The van der Waals surface area contributed by atoms with Gasteiger partial charge in [0.15, 0.2) is 6.61 Å². The minimum atomic E-state index is -0.621. The molecule has 5 heteroatoms. The third kappa shape index (κ3) is 2.51. The maximum Gasteiger partial charge on any atom is 0.262 e. The summed E-state index contributed by atoms with van der Waals surface area (Å²) in [5.41, 5.74) is 1.40. The largest absolute Gasteiger partial charge is 0.482 e. The van der Waals surface area contributed by atoms with Gasteiger partial charge in [-0.2, -0.15) is 0 Å². The molecule has 2 aliphatic heterocycles. The number of benzene rings is 1.